The number of hydrogen-bond donors (Lipinski definition) is 0. The quantitative estimate of drug-likeness (QED) is 0.152. The molecule has 0 saturated heterocycles. The Balaban J connectivity index is 0.837. The standard InChI is InChI=1S/C65H41N5O2/c1-5-17-42(18-6-1)67(46-29-33-52-50-25-13-15-27-58(50)69(60(52)37-46)44-21-9-3-10-22-44)48-31-35-54-56-41-57-55-36-32-49(40-63(55)72-65(57)66-64(56)71-62(54)39-48)68(43-19-7-2-8-20-43)47-30-34-53-51-26-14-16-28-59(51)70(61(53)38-47)45-23-11-4-12-24-45/h1-41H. The molecule has 0 aliphatic carbocycles. The Morgan fingerprint density at radius 1 is 0.264 bits per heavy atom. The molecule has 15 aromatic rings. The van der Waals surface area contributed by atoms with E-state index in [-0.39, 0.29) is 0 Å². The average Bonchev–Trinajstić information content (AvgIpc) is 4.18. The summed E-state index contributed by atoms with van der Waals surface area (Å²) in [6.45, 7) is 0. The van der Waals surface area contributed by atoms with E-state index in [9.17, 15) is 0 Å². The van der Waals surface area contributed by atoms with Gasteiger partial charge in [0.2, 0.25) is 11.4 Å². The lowest BCUT2D eigenvalue weighted by molar-refractivity contribution is 0.631. The molecule has 0 spiro atoms. The summed E-state index contributed by atoms with van der Waals surface area (Å²) in [5.41, 5.74) is 15.5. The fourth-order valence-corrected chi connectivity index (χ4v) is 11.1. The van der Waals surface area contributed by atoms with Crippen molar-refractivity contribution in [3.63, 3.8) is 0 Å². The molecule has 15 rings (SSSR count). The lowest BCUT2D eigenvalue weighted by Crippen LogP contribution is -2.09. The Hall–Kier alpha value is -9.85. The average molecular weight is 924 g/mol. The van der Waals surface area contributed by atoms with Crippen LogP contribution in [0.5, 0.6) is 0 Å². The maximum absolute atomic E-state index is 6.67. The van der Waals surface area contributed by atoms with E-state index >= 15 is 0 Å². The molecule has 5 aromatic heterocycles. The predicted molar refractivity (Wildman–Crippen MR) is 297 cm³/mol. The van der Waals surface area contributed by atoms with Gasteiger partial charge < -0.3 is 27.8 Å². The van der Waals surface area contributed by atoms with Crippen LogP contribution in [0.3, 0.4) is 0 Å². The van der Waals surface area contributed by atoms with Crippen LogP contribution in [0.15, 0.2) is 258 Å². The summed E-state index contributed by atoms with van der Waals surface area (Å²) in [6, 6.07) is 88.1. The monoisotopic (exact) mass is 923 g/mol. The summed E-state index contributed by atoms with van der Waals surface area (Å²) in [7, 11) is 0. The first-order chi connectivity index (χ1) is 35.7. The van der Waals surface area contributed by atoms with E-state index in [1.165, 1.54) is 32.6 Å². The second kappa shape index (κ2) is 15.8. The first-order valence-corrected chi connectivity index (χ1v) is 24.3. The van der Waals surface area contributed by atoms with Crippen LogP contribution in [-0.4, -0.2) is 14.1 Å². The number of fused-ring (bicyclic) bond motifs is 12. The lowest BCUT2D eigenvalue weighted by atomic mass is 10.1. The van der Waals surface area contributed by atoms with Gasteiger partial charge in [0, 0.05) is 101 Å². The van der Waals surface area contributed by atoms with Crippen molar-refractivity contribution < 1.29 is 8.83 Å². The SMILES string of the molecule is c1ccc(N(c2ccc3c(c2)oc2nc4oc5cc(N(c6ccccc6)c6ccc7c8ccccc8n(-c8ccccc8)c7c6)ccc5c4cc23)c2ccc3c4ccccc4n(-c4ccccc4)c3c2)cc1. The fraction of sp³-hybridized carbons (Fsp3) is 0. The summed E-state index contributed by atoms with van der Waals surface area (Å²) >= 11 is 0. The predicted octanol–water partition coefficient (Wildman–Crippen LogP) is 18.0. The molecule has 0 fully saturated rings. The van der Waals surface area contributed by atoms with Gasteiger partial charge in [0.15, 0.2) is 0 Å². The first-order valence-electron chi connectivity index (χ1n) is 24.3. The van der Waals surface area contributed by atoms with Crippen molar-refractivity contribution in [3.05, 3.63) is 249 Å². The highest BCUT2D eigenvalue weighted by atomic mass is 16.4. The summed E-state index contributed by atoms with van der Waals surface area (Å²) in [5, 5.41) is 8.68. The highest BCUT2D eigenvalue weighted by Gasteiger charge is 2.23. The Labute approximate surface area is 412 Å². The molecule has 72 heavy (non-hydrogen) atoms. The molecule has 0 amide bonds. The van der Waals surface area contributed by atoms with Crippen molar-refractivity contribution >= 4 is 122 Å². The molecule has 338 valence electrons. The van der Waals surface area contributed by atoms with Crippen LogP contribution in [0.25, 0.3) is 99.1 Å². The number of benzene rings is 10. The van der Waals surface area contributed by atoms with Gasteiger partial charge in [-0.1, -0.05) is 121 Å². The van der Waals surface area contributed by atoms with Gasteiger partial charge in [0.1, 0.15) is 11.2 Å². The molecule has 0 bridgehead atoms. The minimum absolute atomic E-state index is 0.530. The zero-order valence-electron chi connectivity index (χ0n) is 38.7. The molecular weight excluding hydrogens is 883 g/mol. The van der Waals surface area contributed by atoms with E-state index in [0.29, 0.717) is 11.4 Å². The van der Waals surface area contributed by atoms with Crippen molar-refractivity contribution in [1.82, 2.24) is 14.1 Å². The van der Waals surface area contributed by atoms with Crippen molar-refractivity contribution in [1.29, 1.82) is 0 Å². The number of anilines is 6. The number of furan rings is 2. The van der Waals surface area contributed by atoms with E-state index < -0.39 is 0 Å². The van der Waals surface area contributed by atoms with Crippen LogP contribution in [0.1, 0.15) is 0 Å². The summed E-state index contributed by atoms with van der Waals surface area (Å²) in [4.78, 5) is 9.64. The third kappa shape index (κ3) is 6.21. The van der Waals surface area contributed by atoms with Gasteiger partial charge >= 0.3 is 0 Å². The zero-order chi connectivity index (χ0) is 47.3. The molecule has 7 nitrogen and oxygen atoms in total. The topological polar surface area (TPSA) is 55.5 Å². The van der Waals surface area contributed by atoms with Gasteiger partial charge in [-0.05, 0) is 115 Å². The van der Waals surface area contributed by atoms with Gasteiger partial charge in [0.25, 0.3) is 0 Å². The number of para-hydroxylation sites is 6. The van der Waals surface area contributed by atoms with Crippen LogP contribution < -0.4 is 9.80 Å². The number of hydrogen-bond acceptors (Lipinski definition) is 5. The Morgan fingerprint density at radius 3 is 1.04 bits per heavy atom. The van der Waals surface area contributed by atoms with Crippen LogP contribution in [0, 0.1) is 0 Å². The normalized spacial score (nSPS) is 11.9. The molecule has 0 N–H and O–H groups in total. The third-order valence-electron chi connectivity index (χ3n) is 14.3. The molecule has 0 saturated carbocycles. The maximum Gasteiger partial charge on any atom is 0.230 e. The second-order valence-corrected chi connectivity index (χ2v) is 18.4. The van der Waals surface area contributed by atoms with Crippen LogP contribution >= 0.6 is 0 Å². The summed E-state index contributed by atoms with van der Waals surface area (Å²) < 4.78 is 18.1. The van der Waals surface area contributed by atoms with E-state index in [1.54, 1.807) is 0 Å². The van der Waals surface area contributed by atoms with E-state index in [2.05, 4.69) is 268 Å². The van der Waals surface area contributed by atoms with Crippen LogP contribution in [0.2, 0.25) is 0 Å². The van der Waals surface area contributed by atoms with Gasteiger partial charge in [-0.15, -0.1) is 0 Å². The van der Waals surface area contributed by atoms with E-state index in [4.69, 9.17) is 13.8 Å². The van der Waals surface area contributed by atoms with Gasteiger partial charge in [0.05, 0.1) is 22.1 Å². The molecule has 0 atom stereocenters. The summed E-state index contributed by atoms with van der Waals surface area (Å²) in [6.07, 6.45) is 0. The molecule has 0 radical (unpaired) electrons. The van der Waals surface area contributed by atoms with Gasteiger partial charge in [-0.25, -0.2) is 0 Å². The Kier molecular flexibility index (Phi) is 8.82. The van der Waals surface area contributed by atoms with Crippen molar-refractivity contribution in [2.75, 3.05) is 9.80 Å². The molecule has 7 heteroatoms. The Morgan fingerprint density at radius 2 is 0.611 bits per heavy atom. The minimum Gasteiger partial charge on any atom is -0.438 e. The molecule has 10 aromatic carbocycles. The largest absolute Gasteiger partial charge is 0.438 e. The first kappa shape index (κ1) is 40.1. The molecule has 0 unspecified atom stereocenters. The van der Waals surface area contributed by atoms with Crippen molar-refractivity contribution in [3.8, 4) is 11.4 Å². The molecule has 5 heterocycles. The fourth-order valence-electron chi connectivity index (χ4n) is 11.1. The van der Waals surface area contributed by atoms with Gasteiger partial charge in [-0.2, -0.15) is 4.98 Å². The van der Waals surface area contributed by atoms with Crippen LogP contribution in [-0.2, 0) is 0 Å². The van der Waals surface area contributed by atoms with Gasteiger partial charge in [-0.3, -0.25) is 0 Å². The van der Waals surface area contributed by atoms with Crippen molar-refractivity contribution in [2.24, 2.45) is 0 Å². The highest BCUT2D eigenvalue weighted by molar-refractivity contribution is 6.15. The third-order valence-corrected chi connectivity index (χ3v) is 14.3. The lowest BCUT2D eigenvalue weighted by Gasteiger charge is -2.25. The van der Waals surface area contributed by atoms with E-state index in [1.807, 2.05) is 0 Å². The number of nitrogens with zero attached hydrogens (tertiary/aromatic N) is 5. The number of pyridine rings is 1. The number of rotatable bonds is 8. The molecule has 0 aliphatic rings. The smallest absolute Gasteiger partial charge is 0.230 e. The molecule has 0 aliphatic heterocycles. The van der Waals surface area contributed by atoms with Crippen LogP contribution in [0.4, 0.5) is 34.1 Å². The van der Waals surface area contributed by atoms with E-state index in [0.717, 1.165) is 89.2 Å². The van der Waals surface area contributed by atoms with Crippen molar-refractivity contribution in [2.45, 2.75) is 0 Å². The summed E-state index contributed by atoms with van der Waals surface area (Å²) in [5.74, 6) is 0. The zero-order valence-corrected chi connectivity index (χ0v) is 38.7. The maximum atomic E-state index is 6.67. The highest BCUT2D eigenvalue weighted by Crippen LogP contribution is 2.45. The second-order valence-electron chi connectivity index (χ2n) is 18.4. The minimum atomic E-state index is 0.530. The number of aromatic nitrogens is 3. The Bertz CT molecular complexity index is 4280. The molecular formula is C65H41N5O2.